The number of unbranched alkanes of at least 4 members (excludes halogenated alkanes) is 1. The number of ether oxygens (including phenoxy) is 1. The fourth-order valence-corrected chi connectivity index (χ4v) is 2.43. The van der Waals surface area contributed by atoms with E-state index in [1.165, 1.54) is 0 Å². The molecule has 2 N–H and O–H groups in total. The van der Waals surface area contributed by atoms with Gasteiger partial charge in [0.1, 0.15) is 5.78 Å². The molecule has 0 saturated heterocycles. The largest absolute Gasteiger partial charge is 0.478 e. The topological polar surface area (TPSA) is 101 Å². The van der Waals surface area contributed by atoms with E-state index >= 15 is 0 Å². The molecule has 0 unspecified atom stereocenters. The molecule has 0 amide bonds. The summed E-state index contributed by atoms with van der Waals surface area (Å²) in [4.78, 5) is 35.1. The number of hydrogen-bond donors (Lipinski definition) is 2. The molecule has 0 spiro atoms. The standard InChI is InChI=1S/C20H26O6/c1-2-3-12-26-13-11-17(19(22)23)18(20(24)25)14-16(21)10-9-15-7-5-4-6-8-15/h4-8H,2-3,9-14H2,1H3,(H,22,23)(H,24,25). The SMILES string of the molecule is CCCCOCCC(C(=O)O)=C(CC(=O)CCc1ccccc1)C(=O)O. The van der Waals surface area contributed by atoms with Crippen molar-refractivity contribution in [2.75, 3.05) is 13.2 Å². The third kappa shape index (κ3) is 8.07. The number of carbonyl (C=O) groups excluding carboxylic acids is 1. The van der Waals surface area contributed by atoms with Crippen LogP contribution in [0.1, 0.15) is 44.6 Å². The molecular formula is C20H26O6. The molecule has 0 heterocycles. The fraction of sp³-hybridized carbons (Fsp3) is 0.450. The van der Waals surface area contributed by atoms with Crippen LogP contribution in [-0.2, 0) is 25.5 Å². The molecule has 0 saturated carbocycles. The number of carboxylic acid groups (broad SMARTS) is 2. The van der Waals surface area contributed by atoms with Crippen molar-refractivity contribution < 1.29 is 29.3 Å². The normalized spacial score (nSPS) is 11.7. The van der Waals surface area contributed by atoms with E-state index in [1.807, 2.05) is 37.3 Å². The van der Waals surface area contributed by atoms with Crippen molar-refractivity contribution >= 4 is 17.7 Å². The van der Waals surface area contributed by atoms with E-state index < -0.39 is 18.4 Å². The lowest BCUT2D eigenvalue weighted by Crippen LogP contribution is -2.16. The molecule has 0 aliphatic carbocycles. The van der Waals surface area contributed by atoms with Crippen molar-refractivity contribution in [2.24, 2.45) is 0 Å². The van der Waals surface area contributed by atoms with Crippen molar-refractivity contribution in [2.45, 2.75) is 45.4 Å². The van der Waals surface area contributed by atoms with Crippen LogP contribution in [0.5, 0.6) is 0 Å². The van der Waals surface area contributed by atoms with Crippen LogP contribution in [0, 0.1) is 0 Å². The zero-order valence-corrected chi connectivity index (χ0v) is 15.1. The minimum atomic E-state index is -1.37. The highest BCUT2D eigenvalue weighted by Gasteiger charge is 2.22. The van der Waals surface area contributed by atoms with E-state index in [0.29, 0.717) is 13.0 Å². The molecule has 6 nitrogen and oxygen atoms in total. The number of aryl methyl sites for hydroxylation is 1. The van der Waals surface area contributed by atoms with Crippen molar-refractivity contribution in [1.29, 1.82) is 0 Å². The second kappa shape index (κ2) is 12.0. The van der Waals surface area contributed by atoms with Gasteiger partial charge in [0.2, 0.25) is 0 Å². The molecule has 26 heavy (non-hydrogen) atoms. The van der Waals surface area contributed by atoms with Crippen LogP contribution in [-0.4, -0.2) is 41.1 Å². The van der Waals surface area contributed by atoms with Gasteiger partial charge in [0.25, 0.3) is 0 Å². The van der Waals surface area contributed by atoms with E-state index in [9.17, 15) is 24.6 Å². The zero-order chi connectivity index (χ0) is 19.4. The molecular weight excluding hydrogens is 336 g/mol. The van der Waals surface area contributed by atoms with E-state index in [4.69, 9.17) is 4.74 Å². The van der Waals surface area contributed by atoms with Gasteiger partial charge in [-0.3, -0.25) is 4.79 Å². The number of benzene rings is 1. The van der Waals surface area contributed by atoms with Crippen molar-refractivity contribution in [3.63, 3.8) is 0 Å². The lowest BCUT2D eigenvalue weighted by atomic mass is 9.97. The van der Waals surface area contributed by atoms with Crippen LogP contribution in [0.3, 0.4) is 0 Å². The molecule has 1 aromatic rings. The summed E-state index contributed by atoms with van der Waals surface area (Å²) < 4.78 is 5.32. The fourth-order valence-electron chi connectivity index (χ4n) is 2.43. The van der Waals surface area contributed by atoms with Gasteiger partial charge in [-0.1, -0.05) is 43.7 Å². The first-order chi connectivity index (χ1) is 12.5. The molecule has 1 aromatic carbocycles. The van der Waals surface area contributed by atoms with Gasteiger partial charge in [0.15, 0.2) is 0 Å². The van der Waals surface area contributed by atoms with E-state index in [0.717, 1.165) is 18.4 Å². The lowest BCUT2D eigenvalue weighted by molar-refractivity contribution is -0.136. The molecule has 0 bridgehead atoms. The quantitative estimate of drug-likeness (QED) is 0.413. The van der Waals surface area contributed by atoms with Crippen LogP contribution < -0.4 is 0 Å². The van der Waals surface area contributed by atoms with Gasteiger partial charge in [0.05, 0.1) is 17.8 Å². The number of ketones is 1. The maximum Gasteiger partial charge on any atom is 0.332 e. The second-order valence-electron chi connectivity index (χ2n) is 5.98. The number of hydrogen-bond acceptors (Lipinski definition) is 4. The van der Waals surface area contributed by atoms with Crippen LogP contribution in [0.15, 0.2) is 41.5 Å². The average molecular weight is 362 g/mol. The average Bonchev–Trinajstić information content (AvgIpc) is 2.62. The highest BCUT2D eigenvalue weighted by atomic mass is 16.5. The Morgan fingerprint density at radius 1 is 0.923 bits per heavy atom. The summed E-state index contributed by atoms with van der Waals surface area (Å²) in [6.07, 6.45) is 2.05. The summed E-state index contributed by atoms with van der Waals surface area (Å²) in [5, 5.41) is 18.7. The van der Waals surface area contributed by atoms with Crippen LogP contribution >= 0.6 is 0 Å². The smallest absolute Gasteiger partial charge is 0.332 e. The Bertz CT molecular complexity index is 633. The number of rotatable bonds is 13. The Labute approximate surface area is 153 Å². The predicted octanol–water partition coefficient (Wildman–Crippen LogP) is 3.25. The summed E-state index contributed by atoms with van der Waals surface area (Å²) in [6.45, 7) is 2.63. The Morgan fingerprint density at radius 2 is 1.58 bits per heavy atom. The highest BCUT2D eigenvalue weighted by molar-refractivity contribution is 6.02. The van der Waals surface area contributed by atoms with E-state index in [2.05, 4.69) is 0 Å². The first kappa shape index (κ1) is 21.6. The number of carbonyl (C=O) groups is 3. The van der Waals surface area contributed by atoms with Crippen LogP contribution in [0.4, 0.5) is 0 Å². The van der Waals surface area contributed by atoms with Gasteiger partial charge in [-0.25, -0.2) is 9.59 Å². The Balaban J connectivity index is 2.71. The molecule has 0 fully saturated rings. The maximum absolute atomic E-state index is 12.2. The predicted molar refractivity (Wildman–Crippen MR) is 97.0 cm³/mol. The third-order valence-corrected chi connectivity index (χ3v) is 3.93. The van der Waals surface area contributed by atoms with Gasteiger partial charge in [-0.15, -0.1) is 0 Å². The number of carboxylic acids is 2. The minimum absolute atomic E-state index is 0.0351. The van der Waals surface area contributed by atoms with Crippen molar-refractivity contribution in [3.8, 4) is 0 Å². The molecule has 0 radical (unpaired) electrons. The second-order valence-corrected chi connectivity index (χ2v) is 5.98. The summed E-state index contributed by atoms with van der Waals surface area (Å²) in [6, 6.07) is 9.38. The van der Waals surface area contributed by atoms with Gasteiger partial charge >= 0.3 is 11.9 Å². The van der Waals surface area contributed by atoms with Crippen molar-refractivity contribution in [3.05, 3.63) is 47.0 Å². The van der Waals surface area contributed by atoms with Gasteiger partial charge in [-0.2, -0.15) is 0 Å². The molecule has 6 heteroatoms. The van der Waals surface area contributed by atoms with E-state index in [-0.39, 0.29) is 36.4 Å². The highest BCUT2D eigenvalue weighted by Crippen LogP contribution is 2.16. The van der Waals surface area contributed by atoms with Crippen LogP contribution in [0.25, 0.3) is 0 Å². The Hall–Kier alpha value is -2.47. The Kier molecular flexibility index (Phi) is 9.94. The summed E-state index contributed by atoms with van der Waals surface area (Å²) >= 11 is 0. The summed E-state index contributed by atoms with van der Waals surface area (Å²) in [7, 11) is 0. The zero-order valence-electron chi connectivity index (χ0n) is 15.1. The lowest BCUT2D eigenvalue weighted by Gasteiger charge is -2.09. The van der Waals surface area contributed by atoms with Crippen molar-refractivity contribution in [1.82, 2.24) is 0 Å². The molecule has 0 atom stereocenters. The van der Waals surface area contributed by atoms with Gasteiger partial charge in [0, 0.05) is 25.9 Å². The number of aliphatic carboxylic acids is 2. The molecule has 1 rings (SSSR count). The van der Waals surface area contributed by atoms with Gasteiger partial charge in [-0.05, 0) is 18.4 Å². The minimum Gasteiger partial charge on any atom is -0.478 e. The third-order valence-electron chi connectivity index (χ3n) is 3.93. The summed E-state index contributed by atoms with van der Waals surface area (Å²) in [5.41, 5.74) is 0.362. The molecule has 0 aliphatic rings. The number of Topliss-reactive ketones (excluding diaryl/α,β-unsaturated/α-hetero) is 1. The molecule has 0 aromatic heterocycles. The first-order valence-corrected chi connectivity index (χ1v) is 8.77. The first-order valence-electron chi connectivity index (χ1n) is 8.77. The molecule has 142 valence electrons. The maximum atomic E-state index is 12.2. The monoisotopic (exact) mass is 362 g/mol. The summed E-state index contributed by atoms with van der Waals surface area (Å²) in [5.74, 6) is -2.99. The van der Waals surface area contributed by atoms with E-state index in [1.54, 1.807) is 0 Å². The Morgan fingerprint density at radius 3 is 2.15 bits per heavy atom. The van der Waals surface area contributed by atoms with Gasteiger partial charge < -0.3 is 14.9 Å². The molecule has 0 aliphatic heterocycles. The van der Waals surface area contributed by atoms with Crippen LogP contribution in [0.2, 0.25) is 0 Å².